The first kappa shape index (κ1) is 19.1. The first-order valence-corrected chi connectivity index (χ1v) is 10.5. The van der Waals surface area contributed by atoms with Crippen LogP contribution in [-0.4, -0.2) is 35.5 Å². The molecule has 10 heteroatoms. The van der Waals surface area contributed by atoms with Crippen LogP contribution in [0.4, 0.5) is 0 Å². The Morgan fingerprint density at radius 3 is 2.76 bits per heavy atom. The van der Waals surface area contributed by atoms with Crippen LogP contribution in [-0.2, 0) is 26.0 Å². The molecule has 1 atom stereocenters. The SMILES string of the molecule is Cc1onc(-c2ccccc2)c1-c1nnc(COC(=O)CC2C=CS(=O)(=O)C2)o1. The zero-order valence-corrected chi connectivity index (χ0v) is 16.3. The maximum Gasteiger partial charge on any atom is 0.306 e. The monoisotopic (exact) mass is 415 g/mol. The zero-order chi connectivity index (χ0) is 20.4. The second kappa shape index (κ2) is 7.63. The van der Waals surface area contributed by atoms with E-state index in [0.29, 0.717) is 17.0 Å². The Morgan fingerprint density at radius 1 is 1.24 bits per heavy atom. The number of aromatic nitrogens is 3. The summed E-state index contributed by atoms with van der Waals surface area (Å²) in [7, 11) is -3.21. The average molecular weight is 415 g/mol. The third-order valence-corrected chi connectivity index (χ3v) is 5.85. The molecule has 0 spiro atoms. The molecule has 0 amide bonds. The Bertz CT molecular complexity index is 1160. The molecule has 0 saturated carbocycles. The summed E-state index contributed by atoms with van der Waals surface area (Å²) in [4.78, 5) is 11.9. The molecule has 1 aromatic carbocycles. The number of ether oxygens (including phenoxy) is 1. The van der Waals surface area contributed by atoms with Gasteiger partial charge in [-0.1, -0.05) is 41.6 Å². The highest BCUT2D eigenvalue weighted by Gasteiger charge is 2.25. The molecule has 3 heterocycles. The molecule has 0 radical (unpaired) electrons. The molecule has 0 aliphatic carbocycles. The van der Waals surface area contributed by atoms with Gasteiger partial charge in [0.05, 0.1) is 12.2 Å². The number of nitrogens with zero attached hydrogens (tertiary/aromatic N) is 3. The molecular formula is C19H17N3O6S. The Labute approximate surface area is 166 Å². The number of carbonyl (C=O) groups excluding carboxylic acids is 1. The number of aryl methyl sites for hydroxylation is 1. The van der Waals surface area contributed by atoms with Crippen LogP contribution < -0.4 is 0 Å². The summed E-state index contributed by atoms with van der Waals surface area (Å²) in [5.41, 5.74) is 1.98. The van der Waals surface area contributed by atoms with E-state index in [9.17, 15) is 13.2 Å². The van der Waals surface area contributed by atoms with Gasteiger partial charge >= 0.3 is 5.97 Å². The van der Waals surface area contributed by atoms with E-state index >= 15 is 0 Å². The molecule has 1 aliphatic heterocycles. The minimum atomic E-state index is -3.21. The summed E-state index contributed by atoms with van der Waals surface area (Å²) in [5, 5.41) is 13.1. The number of rotatable bonds is 6. The topological polar surface area (TPSA) is 125 Å². The summed E-state index contributed by atoms with van der Waals surface area (Å²) in [6.45, 7) is 1.53. The van der Waals surface area contributed by atoms with Crippen LogP contribution in [0.5, 0.6) is 0 Å². The molecule has 29 heavy (non-hydrogen) atoms. The maximum atomic E-state index is 11.9. The molecule has 3 aromatic rings. The fourth-order valence-corrected chi connectivity index (χ4v) is 4.41. The number of benzene rings is 1. The number of sulfone groups is 1. The van der Waals surface area contributed by atoms with Crippen molar-refractivity contribution in [2.45, 2.75) is 20.0 Å². The fraction of sp³-hybridized carbons (Fsp3) is 0.263. The van der Waals surface area contributed by atoms with Gasteiger partial charge in [0.1, 0.15) is 17.0 Å². The van der Waals surface area contributed by atoms with Gasteiger partial charge in [-0.15, -0.1) is 10.2 Å². The van der Waals surface area contributed by atoms with E-state index in [2.05, 4.69) is 15.4 Å². The van der Waals surface area contributed by atoms with Crippen molar-refractivity contribution >= 4 is 15.8 Å². The van der Waals surface area contributed by atoms with Gasteiger partial charge < -0.3 is 13.7 Å². The number of allylic oxidation sites excluding steroid dienone is 1. The molecule has 4 rings (SSSR count). The largest absolute Gasteiger partial charge is 0.456 e. The first-order valence-electron chi connectivity index (χ1n) is 8.82. The molecule has 2 aromatic heterocycles. The van der Waals surface area contributed by atoms with E-state index in [0.717, 1.165) is 11.0 Å². The van der Waals surface area contributed by atoms with Crippen LogP contribution in [0.25, 0.3) is 22.7 Å². The van der Waals surface area contributed by atoms with Crippen LogP contribution in [0.15, 0.2) is 50.8 Å². The van der Waals surface area contributed by atoms with E-state index in [1.54, 1.807) is 6.92 Å². The highest BCUT2D eigenvalue weighted by Crippen LogP contribution is 2.33. The van der Waals surface area contributed by atoms with Gasteiger partial charge in [0.15, 0.2) is 16.4 Å². The molecule has 150 valence electrons. The van der Waals surface area contributed by atoms with E-state index in [4.69, 9.17) is 13.7 Å². The summed E-state index contributed by atoms with van der Waals surface area (Å²) in [6, 6.07) is 9.43. The lowest BCUT2D eigenvalue weighted by Crippen LogP contribution is -2.13. The summed E-state index contributed by atoms with van der Waals surface area (Å²) >= 11 is 0. The van der Waals surface area contributed by atoms with Gasteiger partial charge in [-0.3, -0.25) is 4.79 Å². The number of esters is 1. The lowest BCUT2D eigenvalue weighted by Gasteiger charge is -2.05. The van der Waals surface area contributed by atoms with Gasteiger partial charge in [-0.2, -0.15) is 0 Å². The van der Waals surface area contributed by atoms with Crippen molar-refractivity contribution in [1.82, 2.24) is 15.4 Å². The minimum Gasteiger partial charge on any atom is -0.456 e. The van der Waals surface area contributed by atoms with Crippen molar-refractivity contribution in [3.63, 3.8) is 0 Å². The second-order valence-corrected chi connectivity index (χ2v) is 8.54. The average Bonchev–Trinajstić information content (AvgIpc) is 3.39. The fourth-order valence-electron chi connectivity index (χ4n) is 3.01. The van der Waals surface area contributed by atoms with Crippen molar-refractivity contribution in [2.75, 3.05) is 5.75 Å². The molecule has 0 N–H and O–H groups in total. The van der Waals surface area contributed by atoms with E-state index < -0.39 is 15.8 Å². The van der Waals surface area contributed by atoms with Gasteiger partial charge in [-0.05, 0) is 6.92 Å². The predicted octanol–water partition coefficient (Wildman–Crippen LogP) is 2.69. The van der Waals surface area contributed by atoms with Gasteiger partial charge in [0, 0.05) is 16.9 Å². The third kappa shape index (κ3) is 4.27. The Morgan fingerprint density at radius 2 is 2.03 bits per heavy atom. The molecule has 0 saturated heterocycles. The van der Waals surface area contributed by atoms with Crippen LogP contribution >= 0.6 is 0 Å². The van der Waals surface area contributed by atoms with E-state index in [-0.39, 0.29) is 36.5 Å². The summed E-state index contributed by atoms with van der Waals surface area (Å²) < 4.78 is 38.8. The Kier molecular flexibility index (Phi) is 5.01. The lowest BCUT2D eigenvalue weighted by molar-refractivity contribution is -0.146. The molecule has 9 nitrogen and oxygen atoms in total. The normalized spacial score (nSPS) is 17.5. The zero-order valence-electron chi connectivity index (χ0n) is 15.4. The molecular weight excluding hydrogens is 398 g/mol. The summed E-state index contributed by atoms with van der Waals surface area (Å²) in [6.07, 6.45) is 1.47. The van der Waals surface area contributed by atoms with Gasteiger partial charge in [0.25, 0.3) is 11.8 Å². The Balaban J connectivity index is 1.43. The Hall–Kier alpha value is -3.27. The molecule has 0 fully saturated rings. The van der Waals surface area contributed by atoms with Crippen molar-refractivity contribution < 1.29 is 26.9 Å². The van der Waals surface area contributed by atoms with Crippen molar-refractivity contribution in [3.05, 3.63) is 53.5 Å². The quantitative estimate of drug-likeness (QED) is 0.558. The predicted molar refractivity (Wildman–Crippen MR) is 101 cm³/mol. The summed E-state index contributed by atoms with van der Waals surface area (Å²) in [5.74, 6) is -0.158. The number of hydrogen-bond acceptors (Lipinski definition) is 9. The maximum absolute atomic E-state index is 11.9. The van der Waals surface area contributed by atoms with Crippen molar-refractivity contribution in [1.29, 1.82) is 0 Å². The molecule has 1 aliphatic rings. The van der Waals surface area contributed by atoms with Crippen molar-refractivity contribution in [2.24, 2.45) is 5.92 Å². The second-order valence-electron chi connectivity index (χ2n) is 6.61. The molecule has 1 unspecified atom stereocenters. The number of hydrogen-bond donors (Lipinski definition) is 0. The highest BCUT2D eigenvalue weighted by atomic mass is 32.2. The highest BCUT2D eigenvalue weighted by molar-refractivity contribution is 7.94. The third-order valence-electron chi connectivity index (χ3n) is 4.38. The van der Waals surface area contributed by atoms with Crippen LogP contribution in [0.2, 0.25) is 0 Å². The minimum absolute atomic E-state index is 0.0281. The van der Waals surface area contributed by atoms with E-state index in [1.807, 2.05) is 30.3 Å². The van der Waals surface area contributed by atoms with Crippen LogP contribution in [0.1, 0.15) is 18.1 Å². The first-order chi connectivity index (χ1) is 13.9. The van der Waals surface area contributed by atoms with Crippen molar-refractivity contribution in [3.8, 4) is 22.7 Å². The lowest BCUT2D eigenvalue weighted by atomic mass is 10.1. The van der Waals surface area contributed by atoms with Gasteiger partial charge in [0.2, 0.25) is 0 Å². The van der Waals surface area contributed by atoms with Crippen LogP contribution in [0.3, 0.4) is 0 Å². The number of carbonyl (C=O) groups is 1. The van der Waals surface area contributed by atoms with Gasteiger partial charge in [-0.25, -0.2) is 8.42 Å². The van der Waals surface area contributed by atoms with E-state index in [1.165, 1.54) is 6.08 Å². The molecule has 0 bridgehead atoms. The van der Waals surface area contributed by atoms with Crippen LogP contribution in [0, 0.1) is 12.8 Å². The standard InChI is InChI=1S/C19H17N3O6S/c1-12-17(18(22-28-12)14-5-3-2-4-6-14)19-21-20-15(27-19)10-26-16(23)9-13-7-8-29(24,25)11-13/h2-8,13H,9-11H2,1H3. The smallest absolute Gasteiger partial charge is 0.306 e.